The second kappa shape index (κ2) is 5.98. The minimum atomic E-state index is -0.343. The van der Waals surface area contributed by atoms with E-state index in [1.165, 1.54) is 0 Å². The van der Waals surface area contributed by atoms with Crippen LogP contribution < -0.4 is 11.1 Å². The van der Waals surface area contributed by atoms with Crippen molar-refractivity contribution in [3.8, 4) is 0 Å². The number of nitrogens with one attached hydrogen (secondary N) is 1. The number of nitrogens with two attached hydrogens (primary N) is 1. The predicted octanol–water partition coefficient (Wildman–Crippen LogP) is 0.969. The fraction of sp³-hybridized carbons (Fsp3) is 0.500. The van der Waals surface area contributed by atoms with E-state index in [0.29, 0.717) is 11.6 Å². The number of amides is 1. The van der Waals surface area contributed by atoms with Crippen molar-refractivity contribution in [3.05, 3.63) is 35.4 Å². The number of carbonyl (C=O) groups excluding carboxylic acids is 1. The van der Waals surface area contributed by atoms with Crippen LogP contribution in [0.3, 0.4) is 0 Å². The smallest absolute Gasteiger partial charge is 0.249 e. The molecule has 1 amide bonds. The van der Waals surface area contributed by atoms with Crippen molar-refractivity contribution in [3.63, 3.8) is 0 Å². The molecule has 1 saturated heterocycles. The summed E-state index contributed by atoms with van der Waals surface area (Å²) in [5.41, 5.74) is 7.06. The Balaban J connectivity index is 2.06. The summed E-state index contributed by atoms with van der Waals surface area (Å²) in [6.45, 7) is 2.93. The van der Waals surface area contributed by atoms with Crippen molar-refractivity contribution in [1.29, 1.82) is 0 Å². The van der Waals surface area contributed by atoms with E-state index in [2.05, 4.69) is 17.3 Å². The highest BCUT2D eigenvalue weighted by atomic mass is 16.1. The lowest BCUT2D eigenvalue weighted by atomic mass is 10.0. The van der Waals surface area contributed by atoms with Crippen LogP contribution in [0.25, 0.3) is 0 Å². The second-order valence-corrected chi connectivity index (χ2v) is 4.92. The summed E-state index contributed by atoms with van der Waals surface area (Å²) in [5.74, 6) is -0.343. The highest BCUT2D eigenvalue weighted by Crippen LogP contribution is 2.16. The summed E-state index contributed by atoms with van der Waals surface area (Å²) in [6.07, 6.45) is 2.32. The molecule has 0 saturated carbocycles. The molecule has 0 atom stereocenters. The molecule has 1 aliphatic rings. The van der Waals surface area contributed by atoms with Crippen LogP contribution >= 0.6 is 0 Å². The van der Waals surface area contributed by atoms with Crippen LogP contribution in [-0.4, -0.2) is 37.0 Å². The van der Waals surface area contributed by atoms with E-state index < -0.39 is 0 Å². The zero-order chi connectivity index (χ0) is 13.0. The number of hydrogen-bond acceptors (Lipinski definition) is 3. The standard InChI is InChI=1S/C14H21N3O/c1-17(12-6-8-16-9-7-12)10-11-4-2-3-5-13(11)14(15)18/h2-5,12,16H,6-10H2,1H3,(H2,15,18). The van der Waals surface area contributed by atoms with Crippen LogP contribution in [0.2, 0.25) is 0 Å². The first-order valence-electron chi connectivity index (χ1n) is 6.47. The van der Waals surface area contributed by atoms with Gasteiger partial charge < -0.3 is 11.1 Å². The number of benzene rings is 1. The Labute approximate surface area is 108 Å². The van der Waals surface area contributed by atoms with Gasteiger partial charge in [-0.15, -0.1) is 0 Å². The maximum absolute atomic E-state index is 11.4. The van der Waals surface area contributed by atoms with Gasteiger partial charge in [-0.1, -0.05) is 18.2 Å². The number of hydrogen-bond donors (Lipinski definition) is 2. The van der Waals surface area contributed by atoms with Crippen molar-refractivity contribution in [2.24, 2.45) is 5.73 Å². The molecule has 1 aromatic carbocycles. The Morgan fingerprint density at radius 1 is 1.39 bits per heavy atom. The van der Waals surface area contributed by atoms with E-state index in [-0.39, 0.29) is 5.91 Å². The lowest BCUT2D eigenvalue weighted by molar-refractivity contribution is 0.0997. The minimum Gasteiger partial charge on any atom is -0.366 e. The van der Waals surface area contributed by atoms with Gasteiger partial charge in [-0.2, -0.15) is 0 Å². The molecule has 0 bridgehead atoms. The fourth-order valence-corrected chi connectivity index (χ4v) is 2.54. The Morgan fingerprint density at radius 3 is 2.72 bits per heavy atom. The Bertz CT molecular complexity index is 413. The van der Waals surface area contributed by atoms with Gasteiger partial charge in [0.25, 0.3) is 0 Å². The van der Waals surface area contributed by atoms with Crippen molar-refractivity contribution >= 4 is 5.91 Å². The Kier molecular flexibility index (Phi) is 4.33. The Hall–Kier alpha value is -1.39. The van der Waals surface area contributed by atoms with E-state index in [4.69, 9.17) is 5.73 Å². The predicted molar refractivity (Wildman–Crippen MR) is 72.3 cm³/mol. The van der Waals surface area contributed by atoms with Crippen molar-refractivity contribution < 1.29 is 4.79 Å². The normalized spacial score (nSPS) is 17.0. The molecule has 1 aliphatic heterocycles. The molecule has 0 unspecified atom stereocenters. The van der Waals surface area contributed by atoms with Gasteiger partial charge in [-0.25, -0.2) is 0 Å². The molecular formula is C14H21N3O. The van der Waals surface area contributed by atoms with Gasteiger partial charge in [0.2, 0.25) is 5.91 Å². The van der Waals surface area contributed by atoms with E-state index >= 15 is 0 Å². The number of carbonyl (C=O) groups is 1. The average Bonchev–Trinajstić information content (AvgIpc) is 2.40. The molecule has 1 fully saturated rings. The molecule has 1 aromatic rings. The first-order valence-corrected chi connectivity index (χ1v) is 6.47. The summed E-state index contributed by atoms with van der Waals surface area (Å²) in [4.78, 5) is 13.7. The third-order valence-corrected chi connectivity index (χ3v) is 3.63. The van der Waals surface area contributed by atoms with Gasteiger partial charge in [0, 0.05) is 18.2 Å². The minimum absolute atomic E-state index is 0.343. The summed E-state index contributed by atoms with van der Waals surface area (Å²) >= 11 is 0. The van der Waals surface area contributed by atoms with Crippen molar-refractivity contribution in [1.82, 2.24) is 10.2 Å². The SMILES string of the molecule is CN(Cc1ccccc1C(N)=O)C1CCNCC1. The largest absolute Gasteiger partial charge is 0.366 e. The molecule has 98 valence electrons. The molecular weight excluding hydrogens is 226 g/mol. The van der Waals surface area contributed by atoms with Crippen LogP contribution in [0.15, 0.2) is 24.3 Å². The fourth-order valence-electron chi connectivity index (χ4n) is 2.54. The number of piperidine rings is 1. The van der Waals surface area contributed by atoms with Gasteiger partial charge in [-0.3, -0.25) is 9.69 Å². The second-order valence-electron chi connectivity index (χ2n) is 4.92. The van der Waals surface area contributed by atoms with Crippen LogP contribution in [0, 0.1) is 0 Å². The van der Waals surface area contributed by atoms with Crippen LogP contribution in [0.5, 0.6) is 0 Å². The first kappa shape index (κ1) is 13.1. The number of rotatable bonds is 4. The van der Waals surface area contributed by atoms with E-state index in [9.17, 15) is 4.79 Å². The maximum Gasteiger partial charge on any atom is 0.249 e. The highest BCUT2D eigenvalue weighted by molar-refractivity contribution is 5.94. The lowest BCUT2D eigenvalue weighted by Gasteiger charge is -2.32. The third kappa shape index (κ3) is 3.09. The summed E-state index contributed by atoms with van der Waals surface area (Å²) in [7, 11) is 2.12. The lowest BCUT2D eigenvalue weighted by Crippen LogP contribution is -2.41. The molecule has 0 aliphatic carbocycles. The molecule has 3 N–H and O–H groups in total. The third-order valence-electron chi connectivity index (χ3n) is 3.63. The van der Waals surface area contributed by atoms with E-state index in [1.54, 1.807) is 6.07 Å². The van der Waals surface area contributed by atoms with Crippen molar-refractivity contribution in [2.45, 2.75) is 25.4 Å². The average molecular weight is 247 g/mol. The van der Waals surface area contributed by atoms with Crippen LogP contribution in [0.4, 0.5) is 0 Å². The molecule has 0 spiro atoms. The molecule has 18 heavy (non-hydrogen) atoms. The monoisotopic (exact) mass is 247 g/mol. The van der Waals surface area contributed by atoms with Crippen molar-refractivity contribution in [2.75, 3.05) is 20.1 Å². The maximum atomic E-state index is 11.4. The molecule has 0 aromatic heterocycles. The topological polar surface area (TPSA) is 58.4 Å². The quantitative estimate of drug-likeness (QED) is 0.833. The molecule has 4 heteroatoms. The number of primary amides is 1. The van der Waals surface area contributed by atoms with E-state index in [1.807, 2.05) is 18.2 Å². The molecule has 1 heterocycles. The van der Waals surface area contributed by atoms with Crippen LogP contribution in [0.1, 0.15) is 28.8 Å². The van der Waals surface area contributed by atoms with Gasteiger partial charge in [0.15, 0.2) is 0 Å². The first-order chi connectivity index (χ1) is 8.68. The van der Waals surface area contributed by atoms with Gasteiger partial charge in [-0.05, 0) is 44.6 Å². The summed E-state index contributed by atoms with van der Waals surface area (Å²) in [5, 5.41) is 3.36. The molecule has 2 rings (SSSR count). The zero-order valence-electron chi connectivity index (χ0n) is 10.9. The molecule has 0 radical (unpaired) electrons. The van der Waals surface area contributed by atoms with Gasteiger partial charge >= 0.3 is 0 Å². The summed E-state index contributed by atoms with van der Waals surface area (Å²) in [6, 6.07) is 8.18. The van der Waals surface area contributed by atoms with E-state index in [0.717, 1.165) is 38.0 Å². The van der Waals surface area contributed by atoms with Crippen LogP contribution in [-0.2, 0) is 6.54 Å². The van der Waals surface area contributed by atoms with Gasteiger partial charge in [0.1, 0.15) is 0 Å². The Morgan fingerprint density at radius 2 is 2.06 bits per heavy atom. The number of nitrogens with zero attached hydrogens (tertiary/aromatic N) is 1. The zero-order valence-corrected chi connectivity index (χ0v) is 10.9. The van der Waals surface area contributed by atoms with Gasteiger partial charge in [0.05, 0.1) is 0 Å². The molecule has 4 nitrogen and oxygen atoms in total. The summed E-state index contributed by atoms with van der Waals surface area (Å²) < 4.78 is 0. The highest BCUT2D eigenvalue weighted by Gasteiger charge is 2.19.